The van der Waals surface area contributed by atoms with E-state index in [-0.39, 0.29) is 45.5 Å². The van der Waals surface area contributed by atoms with Crippen molar-refractivity contribution < 1.29 is 49.2 Å². The fourth-order valence-electron chi connectivity index (χ4n) is 7.05. The highest BCUT2D eigenvalue weighted by atomic mass is 35.5. The highest BCUT2D eigenvalue weighted by molar-refractivity contribution is 7.90. The minimum absolute atomic E-state index is 0.00602. The number of anilines is 1. The van der Waals surface area contributed by atoms with Crippen LogP contribution in [0.15, 0.2) is 42.7 Å². The van der Waals surface area contributed by atoms with Gasteiger partial charge in [-0.05, 0) is 24.3 Å². The zero-order valence-corrected chi connectivity index (χ0v) is 33.1. The van der Waals surface area contributed by atoms with Crippen LogP contribution in [0.3, 0.4) is 0 Å². The monoisotopic (exact) mass is 839 g/mol. The summed E-state index contributed by atoms with van der Waals surface area (Å²) < 4.78 is 98.5. The predicted octanol–water partition coefficient (Wildman–Crippen LogP) is 4.97. The van der Waals surface area contributed by atoms with Gasteiger partial charge in [-0.15, -0.1) is 0 Å². The van der Waals surface area contributed by atoms with Crippen LogP contribution in [-0.4, -0.2) is 125 Å². The molecule has 2 saturated heterocycles. The van der Waals surface area contributed by atoms with Crippen molar-refractivity contribution in [3.63, 3.8) is 0 Å². The summed E-state index contributed by atoms with van der Waals surface area (Å²) in [5.41, 5.74) is -3.15. The molecule has 1 N–H and O–H groups in total. The number of aromatic nitrogens is 4. The number of piperidine rings is 1. The molecule has 0 aliphatic carbocycles. The second kappa shape index (κ2) is 15.8. The van der Waals surface area contributed by atoms with Crippen molar-refractivity contribution in [2.24, 2.45) is 13.0 Å². The number of imidazole rings is 1. The summed E-state index contributed by atoms with van der Waals surface area (Å²) >= 11 is 6.50. The minimum atomic E-state index is -5.07. The number of rotatable bonds is 9. The molecule has 0 radical (unpaired) electrons. The highest BCUT2D eigenvalue weighted by Gasteiger charge is 2.39. The molecule has 0 atom stereocenters. The van der Waals surface area contributed by atoms with Crippen molar-refractivity contribution >= 4 is 44.8 Å². The second-order valence-electron chi connectivity index (χ2n) is 15.0. The number of likely N-dealkylation sites (tertiary alicyclic amines) is 1. The van der Waals surface area contributed by atoms with E-state index in [4.69, 9.17) is 11.6 Å². The molecule has 0 unspecified atom stereocenters. The zero-order valence-electron chi connectivity index (χ0n) is 31.5. The number of carbonyl (C=O) groups excluding carboxylic acids is 3. The number of aryl methyl sites for hydroxylation is 1. The smallest absolute Gasteiger partial charge is 0.339 e. The molecule has 0 bridgehead atoms. The van der Waals surface area contributed by atoms with E-state index in [1.54, 1.807) is 4.90 Å². The quantitative estimate of drug-likeness (QED) is 0.186. The van der Waals surface area contributed by atoms with Crippen molar-refractivity contribution in [3.05, 3.63) is 76.5 Å². The zero-order chi connectivity index (χ0) is 41.6. The van der Waals surface area contributed by atoms with Crippen LogP contribution in [0.4, 0.5) is 27.6 Å². The maximum atomic E-state index is 15.6. The fourth-order valence-corrected chi connectivity index (χ4v) is 7.83. The molecular weight excluding hydrogens is 799 g/mol. The van der Waals surface area contributed by atoms with Gasteiger partial charge in [-0.3, -0.25) is 19.1 Å². The average Bonchev–Trinajstić information content (AvgIpc) is 3.75. The second-order valence-corrected chi connectivity index (χ2v) is 17.7. The number of quaternary nitrogens is 1. The summed E-state index contributed by atoms with van der Waals surface area (Å²) in [5.74, 6) is -4.89. The SMILES string of the molecule is Cn1c(-c2ccc(-c3cn(CCS(C)(=O)=O)nc3C(F)(F)F)c(F)c2F)cnc1C(=O)Nc1ccc(C(=O)N2CCN(C(=O)C3CC[N+](C)(C)CC3)CC2)c(Cl)c1. The minimum Gasteiger partial charge on any atom is -0.339 e. The third kappa shape index (κ3) is 9.15. The average molecular weight is 840 g/mol. The molecule has 2 aromatic carbocycles. The van der Waals surface area contributed by atoms with Gasteiger partial charge in [0.2, 0.25) is 5.91 Å². The first-order valence-electron chi connectivity index (χ1n) is 18.0. The Kier molecular flexibility index (Phi) is 11.6. The maximum absolute atomic E-state index is 15.6. The molecule has 13 nitrogen and oxygen atoms in total. The summed E-state index contributed by atoms with van der Waals surface area (Å²) in [6, 6.07) is 6.27. The van der Waals surface area contributed by atoms with Gasteiger partial charge in [0, 0.05) is 86.8 Å². The number of hydrogen-bond donors (Lipinski definition) is 1. The van der Waals surface area contributed by atoms with E-state index >= 15 is 8.78 Å². The number of nitrogens with zero attached hydrogens (tertiary/aromatic N) is 7. The lowest BCUT2D eigenvalue weighted by Gasteiger charge is -2.40. The number of hydrogen-bond acceptors (Lipinski definition) is 7. The standard InChI is InChI=1S/C37H40ClF5N8O5S/c1-47-29(26-8-7-24(30(39)31(26)40)27-21-50(15-18-57(4,55)56)46-32(27)37(41,42)43)20-44-33(47)34(52)45-23-5-6-25(28(38)19-23)36(54)49-13-11-48(12-14-49)35(53)22-9-16-51(2,3)17-10-22/h5-8,19-22H,9-18H2,1-4H3/p+1. The molecule has 0 spiro atoms. The van der Waals surface area contributed by atoms with Crippen LogP contribution in [0.25, 0.3) is 22.4 Å². The molecule has 3 amide bonds. The van der Waals surface area contributed by atoms with Gasteiger partial charge in [0.1, 0.15) is 9.84 Å². The number of alkyl halides is 3. The lowest BCUT2D eigenvalue weighted by atomic mass is 9.94. The molecule has 0 saturated carbocycles. The number of nitrogens with one attached hydrogen (secondary N) is 1. The number of halogens is 6. The number of sulfone groups is 1. The van der Waals surface area contributed by atoms with Crippen molar-refractivity contribution in [3.8, 4) is 22.4 Å². The van der Waals surface area contributed by atoms with Gasteiger partial charge in [0.25, 0.3) is 11.8 Å². The molecule has 6 rings (SSSR count). The van der Waals surface area contributed by atoms with E-state index < -0.39 is 68.2 Å². The maximum Gasteiger partial charge on any atom is 0.435 e. The Morgan fingerprint density at radius 2 is 1.56 bits per heavy atom. The first kappa shape index (κ1) is 41.7. The third-order valence-electron chi connectivity index (χ3n) is 10.4. The molecule has 2 aliphatic rings. The first-order valence-corrected chi connectivity index (χ1v) is 20.4. The highest BCUT2D eigenvalue weighted by Crippen LogP contribution is 2.39. The van der Waals surface area contributed by atoms with E-state index in [0.29, 0.717) is 30.9 Å². The molecule has 2 aromatic heterocycles. The number of amides is 3. The Bertz CT molecular complexity index is 2330. The molecule has 2 fully saturated rings. The van der Waals surface area contributed by atoms with Crippen LogP contribution in [0.1, 0.15) is 39.5 Å². The van der Waals surface area contributed by atoms with Crippen molar-refractivity contribution in [2.75, 3.05) is 70.7 Å². The largest absolute Gasteiger partial charge is 0.435 e. The van der Waals surface area contributed by atoms with E-state index in [2.05, 4.69) is 29.5 Å². The van der Waals surface area contributed by atoms with Gasteiger partial charge in [-0.1, -0.05) is 17.7 Å². The summed E-state index contributed by atoms with van der Waals surface area (Å²) in [7, 11) is 2.10. The molecule has 4 heterocycles. The Morgan fingerprint density at radius 3 is 2.18 bits per heavy atom. The topological polar surface area (TPSA) is 139 Å². The lowest BCUT2D eigenvalue weighted by Crippen LogP contribution is -2.54. The summed E-state index contributed by atoms with van der Waals surface area (Å²) in [5, 5.41) is 6.06. The lowest BCUT2D eigenvalue weighted by molar-refractivity contribution is -0.895. The normalized spacial score (nSPS) is 16.5. The van der Waals surface area contributed by atoms with E-state index in [1.807, 2.05) is 4.90 Å². The van der Waals surface area contributed by atoms with Gasteiger partial charge in [0.05, 0.1) is 62.0 Å². The van der Waals surface area contributed by atoms with Crippen LogP contribution >= 0.6 is 11.6 Å². The first-order chi connectivity index (χ1) is 26.6. The van der Waals surface area contributed by atoms with Gasteiger partial charge >= 0.3 is 6.18 Å². The Morgan fingerprint density at radius 1 is 0.947 bits per heavy atom. The van der Waals surface area contributed by atoms with Gasteiger partial charge in [-0.2, -0.15) is 18.3 Å². The Labute approximate surface area is 330 Å². The van der Waals surface area contributed by atoms with Crippen LogP contribution < -0.4 is 5.32 Å². The van der Waals surface area contributed by atoms with Crippen LogP contribution in [0.2, 0.25) is 5.02 Å². The van der Waals surface area contributed by atoms with Gasteiger partial charge < -0.3 is 24.2 Å². The number of benzene rings is 2. The molecule has 2 aliphatic heterocycles. The summed E-state index contributed by atoms with van der Waals surface area (Å²) in [4.78, 5) is 47.3. The van der Waals surface area contributed by atoms with Gasteiger partial charge in [0.15, 0.2) is 23.2 Å². The Balaban J connectivity index is 1.12. The third-order valence-corrected chi connectivity index (χ3v) is 11.6. The Hall–Kier alpha value is -4.88. The van der Waals surface area contributed by atoms with Crippen LogP contribution in [0, 0.1) is 17.6 Å². The van der Waals surface area contributed by atoms with Crippen molar-refractivity contribution in [1.82, 2.24) is 29.1 Å². The summed E-state index contributed by atoms with van der Waals surface area (Å²) in [6.45, 7) is 2.95. The summed E-state index contributed by atoms with van der Waals surface area (Å²) in [6.07, 6.45) is -0.607. The molecule has 20 heteroatoms. The van der Waals surface area contributed by atoms with Gasteiger partial charge in [-0.25, -0.2) is 22.2 Å². The van der Waals surface area contributed by atoms with Crippen LogP contribution in [-0.2, 0) is 34.4 Å². The number of piperazine rings is 1. The van der Waals surface area contributed by atoms with Crippen molar-refractivity contribution in [1.29, 1.82) is 0 Å². The van der Waals surface area contributed by atoms with E-state index in [9.17, 15) is 36.0 Å². The number of carbonyl (C=O) groups is 3. The van der Waals surface area contributed by atoms with Crippen LogP contribution in [0.5, 0.6) is 0 Å². The predicted molar refractivity (Wildman–Crippen MR) is 201 cm³/mol. The molecule has 306 valence electrons. The van der Waals surface area contributed by atoms with Crippen molar-refractivity contribution in [2.45, 2.75) is 25.6 Å². The molecular formula is C37H41ClF5N8O5S+. The van der Waals surface area contributed by atoms with E-state index in [1.165, 1.54) is 25.2 Å². The molecule has 4 aromatic rings. The molecule has 57 heavy (non-hydrogen) atoms. The fraction of sp³-hybridized carbons (Fsp3) is 0.432. The van der Waals surface area contributed by atoms with E-state index in [0.717, 1.165) is 65.8 Å².